The van der Waals surface area contributed by atoms with Crippen molar-refractivity contribution in [1.82, 2.24) is 5.32 Å². The summed E-state index contributed by atoms with van der Waals surface area (Å²) >= 11 is 0. The van der Waals surface area contributed by atoms with Crippen LogP contribution in [0.25, 0.3) is 6.08 Å². The van der Waals surface area contributed by atoms with Gasteiger partial charge in [-0.1, -0.05) is 19.1 Å². The lowest BCUT2D eigenvalue weighted by Gasteiger charge is -2.16. The van der Waals surface area contributed by atoms with E-state index < -0.39 is 0 Å². The van der Waals surface area contributed by atoms with Crippen LogP contribution in [-0.4, -0.2) is 27.2 Å². The number of hydrogen-bond acceptors (Lipinski definition) is 4. The first kappa shape index (κ1) is 19.4. The zero-order valence-electron chi connectivity index (χ0n) is 15.6. The molecule has 0 fully saturated rings. The number of rotatable bonds is 8. The van der Waals surface area contributed by atoms with Crippen LogP contribution >= 0.6 is 0 Å². The van der Waals surface area contributed by atoms with Crippen LogP contribution in [0.5, 0.6) is 17.2 Å². The Hall–Kier alpha value is -2.95. The highest BCUT2D eigenvalue weighted by molar-refractivity contribution is 5.92. The molecular formula is C21H25NO4. The van der Waals surface area contributed by atoms with Crippen LogP contribution in [0.2, 0.25) is 0 Å². The van der Waals surface area contributed by atoms with Gasteiger partial charge in [0.25, 0.3) is 0 Å². The van der Waals surface area contributed by atoms with Gasteiger partial charge in [0.15, 0.2) is 0 Å². The quantitative estimate of drug-likeness (QED) is 0.728. The van der Waals surface area contributed by atoms with Crippen molar-refractivity contribution < 1.29 is 19.0 Å². The van der Waals surface area contributed by atoms with E-state index in [1.54, 1.807) is 27.4 Å². The standard InChI is InChI=1S/C21H25NO4/c1-5-19(15-6-9-17(24-2)10-7-15)22-21(23)13-8-16-14-18(25-3)11-12-20(16)26-4/h6-14,19H,5H2,1-4H3,(H,22,23)/b13-8+. The Balaban J connectivity index is 2.09. The zero-order chi connectivity index (χ0) is 18.9. The van der Waals surface area contributed by atoms with E-state index in [4.69, 9.17) is 14.2 Å². The fourth-order valence-electron chi connectivity index (χ4n) is 2.61. The summed E-state index contributed by atoms with van der Waals surface area (Å²) in [5.41, 5.74) is 1.81. The molecule has 1 amide bonds. The second kappa shape index (κ2) is 9.51. The van der Waals surface area contributed by atoms with E-state index in [0.29, 0.717) is 11.5 Å². The van der Waals surface area contributed by atoms with Gasteiger partial charge in [0.2, 0.25) is 5.91 Å². The average Bonchev–Trinajstić information content (AvgIpc) is 2.70. The largest absolute Gasteiger partial charge is 0.497 e. The maximum absolute atomic E-state index is 12.3. The molecule has 2 aromatic carbocycles. The minimum absolute atomic E-state index is 0.0646. The van der Waals surface area contributed by atoms with E-state index in [9.17, 15) is 4.79 Å². The predicted molar refractivity (Wildman–Crippen MR) is 103 cm³/mol. The summed E-state index contributed by atoms with van der Waals surface area (Å²) in [6, 6.07) is 13.1. The predicted octanol–water partition coefficient (Wildman–Crippen LogP) is 3.99. The third kappa shape index (κ3) is 5.02. The van der Waals surface area contributed by atoms with Gasteiger partial charge in [0.05, 0.1) is 27.4 Å². The Bertz CT molecular complexity index is 753. The third-order valence-electron chi connectivity index (χ3n) is 4.09. The summed E-state index contributed by atoms with van der Waals surface area (Å²) in [5, 5.41) is 3.02. The summed E-state index contributed by atoms with van der Waals surface area (Å²) in [7, 11) is 4.82. The van der Waals surface area contributed by atoms with E-state index >= 15 is 0 Å². The topological polar surface area (TPSA) is 56.8 Å². The van der Waals surface area contributed by atoms with Crippen LogP contribution in [0.1, 0.15) is 30.5 Å². The Morgan fingerprint density at radius 3 is 2.23 bits per heavy atom. The highest BCUT2D eigenvalue weighted by atomic mass is 16.5. The normalized spacial score (nSPS) is 11.8. The Labute approximate surface area is 154 Å². The van der Waals surface area contributed by atoms with Crippen molar-refractivity contribution in [2.75, 3.05) is 21.3 Å². The molecule has 1 unspecified atom stereocenters. The fraction of sp³-hybridized carbons (Fsp3) is 0.286. The molecule has 0 aromatic heterocycles. The van der Waals surface area contributed by atoms with Crippen LogP contribution in [0.4, 0.5) is 0 Å². The first-order chi connectivity index (χ1) is 12.6. The van der Waals surface area contributed by atoms with Gasteiger partial charge < -0.3 is 19.5 Å². The van der Waals surface area contributed by atoms with E-state index in [1.165, 1.54) is 6.08 Å². The summed E-state index contributed by atoms with van der Waals surface area (Å²) in [5.74, 6) is 2.00. The molecule has 0 heterocycles. The van der Waals surface area contributed by atoms with Gasteiger partial charge in [-0.3, -0.25) is 4.79 Å². The molecule has 0 bridgehead atoms. The Morgan fingerprint density at radius 1 is 1.00 bits per heavy atom. The van der Waals surface area contributed by atoms with E-state index in [-0.39, 0.29) is 11.9 Å². The van der Waals surface area contributed by atoms with Crippen molar-refractivity contribution in [2.24, 2.45) is 0 Å². The van der Waals surface area contributed by atoms with Crippen LogP contribution in [0.3, 0.4) is 0 Å². The second-order valence-electron chi connectivity index (χ2n) is 5.68. The number of amides is 1. The molecule has 0 saturated carbocycles. The summed E-state index contributed by atoms with van der Waals surface area (Å²) in [6.07, 6.45) is 4.01. The minimum Gasteiger partial charge on any atom is -0.497 e. The molecule has 0 aliphatic carbocycles. The molecule has 0 aliphatic rings. The fourth-order valence-corrected chi connectivity index (χ4v) is 2.61. The number of methoxy groups -OCH3 is 3. The molecule has 1 atom stereocenters. The molecule has 2 rings (SSSR count). The van der Waals surface area contributed by atoms with Crippen molar-refractivity contribution >= 4 is 12.0 Å². The first-order valence-electron chi connectivity index (χ1n) is 8.45. The number of hydrogen-bond donors (Lipinski definition) is 1. The van der Waals surface area contributed by atoms with Gasteiger partial charge in [-0.05, 0) is 48.4 Å². The Morgan fingerprint density at radius 2 is 1.65 bits per heavy atom. The van der Waals surface area contributed by atoms with Crippen molar-refractivity contribution in [2.45, 2.75) is 19.4 Å². The molecule has 5 heteroatoms. The van der Waals surface area contributed by atoms with Crippen molar-refractivity contribution in [3.63, 3.8) is 0 Å². The van der Waals surface area contributed by atoms with Gasteiger partial charge >= 0.3 is 0 Å². The number of benzene rings is 2. The van der Waals surface area contributed by atoms with Gasteiger partial charge in [0, 0.05) is 11.6 Å². The second-order valence-corrected chi connectivity index (χ2v) is 5.68. The van der Waals surface area contributed by atoms with Crippen molar-refractivity contribution in [3.8, 4) is 17.2 Å². The number of carbonyl (C=O) groups excluding carboxylic acids is 1. The molecule has 0 radical (unpaired) electrons. The van der Waals surface area contributed by atoms with E-state index in [0.717, 1.165) is 23.3 Å². The first-order valence-corrected chi connectivity index (χ1v) is 8.45. The van der Waals surface area contributed by atoms with Gasteiger partial charge in [0.1, 0.15) is 17.2 Å². The molecular weight excluding hydrogens is 330 g/mol. The minimum atomic E-state index is -0.169. The average molecular weight is 355 g/mol. The van der Waals surface area contributed by atoms with Gasteiger partial charge in [-0.25, -0.2) is 0 Å². The third-order valence-corrected chi connectivity index (χ3v) is 4.09. The smallest absolute Gasteiger partial charge is 0.244 e. The maximum Gasteiger partial charge on any atom is 0.244 e. The SMILES string of the molecule is CCC(NC(=O)/C=C/c1cc(OC)ccc1OC)c1ccc(OC)cc1. The lowest BCUT2D eigenvalue weighted by molar-refractivity contribution is -0.117. The van der Waals surface area contributed by atoms with Crippen molar-refractivity contribution in [3.05, 3.63) is 59.7 Å². The van der Waals surface area contributed by atoms with Crippen LogP contribution < -0.4 is 19.5 Å². The zero-order valence-corrected chi connectivity index (χ0v) is 15.6. The summed E-state index contributed by atoms with van der Waals surface area (Å²) in [4.78, 5) is 12.3. The Kier molecular flexibility index (Phi) is 7.09. The maximum atomic E-state index is 12.3. The molecule has 138 valence electrons. The molecule has 1 N–H and O–H groups in total. The van der Waals surface area contributed by atoms with Crippen molar-refractivity contribution in [1.29, 1.82) is 0 Å². The monoisotopic (exact) mass is 355 g/mol. The lowest BCUT2D eigenvalue weighted by Crippen LogP contribution is -2.26. The van der Waals surface area contributed by atoms with E-state index in [2.05, 4.69) is 5.32 Å². The highest BCUT2D eigenvalue weighted by Gasteiger charge is 2.11. The van der Waals surface area contributed by atoms with Crippen LogP contribution in [0.15, 0.2) is 48.5 Å². The summed E-state index contributed by atoms with van der Waals surface area (Å²) in [6.45, 7) is 2.03. The molecule has 5 nitrogen and oxygen atoms in total. The number of ether oxygens (including phenoxy) is 3. The van der Waals surface area contributed by atoms with Gasteiger partial charge in [-0.2, -0.15) is 0 Å². The number of carbonyl (C=O) groups is 1. The van der Waals surface area contributed by atoms with Gasteiger partial charge in [-0.15, -0.1) is 0 Å². The van der Waals surface area contributed by atoms with Crippen LogP contribution in [-0.2, 0) is 4.79 Å². The lowest BCUT2D eigenvalue weighted by atomic mass is 10.0. The molecule has 0 spiro atoms. The van der Waals surface area contributed by atoms with Crippen LogP contribution in [0, 0.1) is 0 Å². The molecule has 0 saturated heterocycles. The highest BCUT2D eigenvalue weighted by Crippen LogP contribution is 2.25. The summed E-state index contributed by atoms with van der Waals surface area (Å²) < 4.78 is 15.7. The number of nitrogens with one attached hydrogen (secondary N) is 1. The van der Waals surface area contributed by atoms with E-state index in [1.807, 2.05) is 49.4 Å². The molecule has 26 heavy (non-hydrogen) atoms. The molecule has 0 aliphatic heterocycles. The molecule has 2 aromatic rings.